The highest BCUT2D eigenvalue weighted by Crippen LogP contribution is 2.37. The lowest BCUT2D eigenvalue weighted by molar-refractivity contribution is -0.150. The second-order valence-electron chi connectivity index (χ2n) is 12.2. The highest BCUT2D eigenvalue weighted by molar-refractivity contribution is 5.82. The Labute approximate surface area is 262 Å². The number of aryl methyl sites for hydroxylation is 1. The number of rotatable bonds is 10. The molecule has 6 rings (SSSR count). The Hall–Kier alpha value is -5.05. The third-order valence-corrected chi connectivity index (χ3v) is 8.97. The summed E-state index contributed by atoms with van der Waals surface area (Å²) in [7, 11) is 1.77. The Kier molecular flexibility index (Phi) is 8.34. The van der Waals surface area contributed by atoms with Gasteiger partial charge in [-0.3, -0.25) is 13.9 Å². The molecule has 0 radical (unpaired) electrons. The molecular formula is C36H38N4O5. The van der Waals surface area contributed by atoms with Gasteiger partial charge in [0.1, 0.15) is 18.9 Å². The molecule has 1 saturated heterocycles. The first kappa shape index (κ1) is 30.0. The van der Waals surface area contributed by atoms with Gasteiger partial charge in [-0.1, -0.05) is 60.7 Å². The zero-order chi connectivity index (χ0) is 31.6. The van der Waals surface area contributed by atoms with Crippen LogP contribution in [-0.4, -0.2) is 38.3 Å². The van der Waals surface area contributed by atoms with Crippen LogP contribution in [0, 0.1) is 11.3 Å². The minimum absolute atomic E-state index is 0.113. The molecule has 0 saturated carbocycles. The number of ether oxygens (including phenoxy) is 2. The van der Waals surface area contributed by atoms with E-state index in [9.17, 15) is 14.7 Å². The maximum atomic E-state index is 13.8. The number of carboxylic acid groups (broad SMARTS) is 1. The van der Waals surface area contributed by atoms with Crippen molar-refractivity contribution in [3.8, 4) is 17.4 Å². The van der Waals surface area contributed by atoms with Crippen molar-refractivity contribution in [1.82, 2.24) is 14.1 Å². The summed E-state index contributed by atoms with van der Waals surface area (Å²) in [4.78, 5) is 32.5. The number of nitrogens with zero attached hydrogens (tertiary/aromatic N) is 4. The van der Waals surface area contributed by atoms with Crippen LogP contribution < -0.4 is 20.1 Å². The summed E-state index contributed by atoms with van der Waals surface area (Å²) in [5, 5.41) is 9.68. The molecule has 9 heteroatoms. The van der Waals surface area contributed by atoms with E-state index in [1.54, 1.807) is 22.2 Å². The van der Waals surface area contributed by atoms with Crippen molar-refractivity contribution < 1.29 is 19.4 Å². The van der Waals surface area contributed by atoms with E-state index < -0.39 is 11.4 Å². The van der Waals surface area contributed by atoms with Crippen LogP contribution in [0.4, 0.5) is 5.69 Å². The molecule has 1 aliphatic rings. The molecule has 232 valence electrons. The number of carboxylic acids is 1. The van der Waals surface area contributed by atoms with Gasteiger partial charge in [-0.15, -0.1) is 0 Å². The van der Waals surface area contributed by atoms with E-state index in [1.165, 1.54) is 0 Å². The standard InChI is InChI=1S/C36H38N4O5/c1-36(2,34(41)42)27-18-20-39(21-19-27)28-14-15-29-31(22-28)38(3)35(43)40(29)30-16-17-32(44-23-25-10-6-4-7-11-25)37-33(30)45-24-26-12-8-5-9-13-26/h4-17,22,27H,18-21,23-24H2,1-3H3,(H,41,42). The van der Waals surface area contributed by atoms with Crippen LogP contribution in [-0.2, 0) is 25.1 Å². The number of piperidine rings is 1. The maximum absolute atomic E-state index is 13.8. The molecule has 0 unspecified atom stereocenters. The molecule has 2 aromatic heterocycles. The topological polar surface area (TPSA) is 98.8 Å². The molecule has 0 aliphatic carbocycles. The summed E-state index contributed by atoms with van der Waals surface area (Å²) in [5.41, 5.74) is 4.07. The third-order valence-electron chi connectivity index (χ3n) is 8.97. The predicted octanol–water partition coefficient (Wildman–Crippen LogP) is 6.21. The number of hydrogen-bond donors (Lipinski definition) is 1. The van der Waals surface area contributed by atoms with E-state index >= 15 is 0 Å². The second kappa shape index (κ2) is 12.5. The van der Waals surface area contributed by atoms with Crippen LogP contribution in [0.3, 0.4) is 0 Å². The molecule has 3 heterocycles. The van der Waals surface area contributed by atoms with Crippen molar-refractivity contribution in [2.45, 2.75) is 39.9 Å². The molecular weight excluding hydrogens is 568 g/mol. The summed E-state index contributed by atoms with van der Waals surface area (Å²) in [6.45, 7) is 5.78. The van der Waals surface area contributed by atoms with Gasteiger partial charge in [-0.05, 0) is 68.0 Å². The van der Waals surface area contributed by atoms with Crippen LogP contribution in [0.1, 0.15) is 37.8 Å². The molecule has 0 bridgehead atoms. The van der Waals surface area contributed by atoms with Gasteiger partial charge in [0, 0.05) is 31.9 Å². The van der Waals surface area contributed by atoms with Gasteiger partial charge in [0.2, 0.25) is 11.8 Å². The molecule has 3 aromatic carbocycles. The lowest BCUT2D eigenvalue weighted by atomic mass is 9.73. The van der Waals surface area contributed by atoms with Gasteiger partial charge in [-0.2, -0.15) is 4.98 Å². The van der Waals surface area contributed by atoms with E-state index in [-0.39, 0.29) is 18.2 Å². The fraction of sp³-hybridized carbons (Fsp3) is 0.306. The van der Waals surface area contributed by atoms with Crippen molar-refractivity contribution in [3.63, 3.8) is 0 Å². The molecule has 45 heavy (non-hydrogen) atoms. The average molecular weight is 607 g/mol. The Balaban J connectivity index is 1.31. The van der Waals surface area contributed by atoms with Crippen molar-refractivity contribution >= 4 is 22.7 Å². The van der Waals surface area contributed by atoms with E-state index in [1.807, 2.05) is 98.8 Å². The Morgan fingerprint density at radius 3 is 2.11 bits per heavy atom. The van der Waals surface area contributed by atoms with Gasteiger partial charge in [0.05, 0.1) is 16.4 Å². The number of anilines is 1. The summed E-state index contributed by atoms with van der Waals surface area (Å²) in [6.07, 6.45) is 1.59. The van der Waals surface area contributed by atoms with Crippen molar-refractivity contribution in [1.29, 1.82) is 0 Å². The van der Waals surface area contributed by atoms with Crippen molar-refractivity contribution in [2.24, 2.45) is 18.4 Å². The Morgan fingerprint density at radius 1 is 0.867 bits per heavy atom. The number of aliphatic carboxylic acids is 1. The predicted molar refractivity (Wildman–Crippen MR) is 174 cm³/mol. The first-order valence-corrected chi connectivity index (χ1v) is 15.3. The zero-order valence-electron chi connectivity index (χ0n) is 25.8. The zero-order valence-corrected chi connectivity index (χ0v) is 25.8. The lowest BCUT2D eigenvalue weighted by Crippen LogP contribution is -2.42. The first-order chi connectivity index (χ1) is 21.7. The Bertz CT molecular complexity index is 1860. The molecule has 1 fully saturated rings. The van der Waals surface area contributed by atoms with Crippen molar-refractivity contribution in [2.75, 3.05) is 18.0 Å². The normalized spacial score (nSPS) is 14.1. The maximum Gasteiger partial charge on any atom is 0.333 e. The van der Waals surface area contributed by atoms with Gasteiger partial charge in [-0.25, -0.2) is 4.79 Å². The molecule has 0 spiro atoms. The molecule has 1 aliphatic heterocycles. The van der Waals surface area contributed by atoms with E-state index in [4.69, 9.17) is 14.5 Å². The fourth-order valence-corrected chi connectivity index (χ4v) is 6.02. The summed E-state index contributed by atoms with van der Waals surface area (Å²) < 4.78 is 15.5. The second-order valence-corrected chi connectivity index (χ2v) is 12.2. The average Bonchev–Trinajstić information content (AvgIpc) is 3.32. The van der Waals surface area contributed by atoms with Gasteiger partial charge in [0.25, 0.3) is 0 Å². The number of benzene rings is 3. The number of pyridine rings is 1. The summed E-state index contributed by atoms with van der Waals surface area (Å²) >= 11 is 0. The van der Waals surface area contributed by atoms with Crippen LogP contribution in [0.5, 0.6) is 11.8 Å². The Morgan fingerprint density at radius 2 is 1.49 bits per heavy atom. The lowest BCUT2D eigenvalue weighted by Gasteiger charge is -2.39. The number of hydrogen-bond acceptors (Lipinski definition) is 6. The first-order valence-electron chi connectivity index (χ1n) is 15.3. The van der Waals surface area contributed by atoms with Gasteiger partial charge >= 0.3 is 11.7 Å². The highest BCUT2D eigenvalue weighted by atomic mass is 16.5. The van der Waals surface area contributed by atoms with Crippen LogP contribution in [0.15, 0.2) is 95.8 Å². The molecule has 9 nitrogen and oxygen atoms in total. The number of fused-ring (bicyclic) bond motifs is 1. The van der Waals surface area contributed by atoms with Crippen molar-refractivity contribution in [3.05, 3.63) is 113 Å². The minimum Gasteiger partial charge on any atom is -0.481 e. The monoisotopic (exact) mass is 606 g/mol. The largest absolute Gasteiger partial charge is 0.481 e. The number of aromatic nitrogens is 3. The van der Waals surface area contributed by atoms with E-state index in [2.05, 4.69) is 4.90 Å². The van der Waals surface area contributed by atoms with Crippen LogP contribution in [0.2, 0.25) is 0 Å². The van der Waals surface area contributed by atoms with Gasteiger partial charge < -0.3 is 19.5 Å². The number of carbonyl (C=O) groups is 1. The third kappa shape index (κ3) is 6.16. The highest BCUT2D eigenvalue weighted by Gasteiger charge is 2.38. The summed E-state index contributed by atoms with van der Waals surface area (Å²) in [6, 6.07) is 29.3. The number of imidazole rings is 1. The fourth-order valence-electron chi connectivity index (χ4n) is 6.02. The van der Waals surface area contributed by atoms with Crippen LogP contribution >= 0.6 is 0 Å². The van der Waals surface area contributed by atoms with Crippen LogP contribution in [0.25, 0.3) is 16.7 Å². The molecule has 0 atom stereocenters. The SMILES string of the molecule is Cn1c(=O)n(-c2ccc(OCc3ccccc3)nc2OCc2ccccc2)c2ccc(N3CCC(C(C)(C)C(=O)O)CC3)cc21. The van der Waals surface area contributed by atoms with Gasteiger partial charge in [0.15, 0.2) is 0 Å². The quantitative estimate of drug-likeness (QED) is 0.202. The molecule has 1 N–H and O–H groups in total. The molecule has 0 amide bonds. The smallest absolute Gasteiger partial charge is 0.333 e. The summed E-state index contributed by atoms with van der Waals surface area (Å²) in [5.74, 6) is 0.0555. The van der Waals surface area contributed by atoms with E-state index in [0.717, 1.165) is 53.8 Å². The molecule has 5 aromatic rings. The van der Waals surface area contributed by atoms with E-state index in [0.29, 0.717) is 24.1 Å². The minimum atomic E-state index is -0.756.